The summed E-state index contributed by atoms with van der Waals surface area (Å²) < 4.78 is 13.3. The van der Waals surface area contributed by atoms with Crippen molar-refractivity contribution in [3.63, 3.8) is 0 Å². The minimum absolute atomic E-state index is 0.234. The van der Waals surface area contributed by atoms with Crippen molar-refractivity contribution in [2.75, 3.05) is 7.05 Å². The Morgan fingerprint density at radius 3 is 2.43 bits per heavy atom. The van der Waals surface area contributed by atoms with Gasteiger partial charge in [-0.25, -0.2) is 4.39 Å². The average Bonchev–Trinajstić information content (AvgIpc) is 2.49. The molecule has 2 aromatic carbocycles. The number of halogens is 2. The lowest BCUT2D eigenvalue weighted by atomic mass is 10.0. The molecule has 0 bridgehead atoms. The Bertz CT molecular complexity index is 598. The highest BCUT2D eigenvalue weighted by Crippen LogP contribution is 2.23. The predicted octanol–water partition coefficient (Wildman–Crippen LogP) is 4.13. The predicted molar refractivity (Wildman–Crippen MR) is 85.6 cm³/mol. The second kappa shape index (κ2) is 7.03. The summed E-state index contributed by atoms with van der Waals surface area (Å²) in [5.41, 5.74) is 8.80. The first-order valence-corrected chi connectivity index (χ1v) is 7.32. The fraction of sp³-hybridized carbons (Fsp3) is 0.294. The topological polar surface area (TPSA) is 29.3 Å². The van der Waals surface area contributed by atoms with Crippen LogP contribution >= 0.6 is 11.6 Å². The Balaban J connectivity index is 2.13. The first-order chi connectivity index (χ1) is 10.0. The third-order valence-corrected chi connectivity index (χ3v) is 4.07. The van der Waals surface area contributed by atoms with Crippen LogP contribution in [0.15, 0.2) is 42.5 Å². The molecular formula is C17H20ClFN2. The van der Waals surface area contributed by atoms with Gasteiger partial charge in [-0.1, -0.05) is 29.8 Å². The smallest absolute Gasteiger partial charge is 0.123 e. The van der Waals surface area contributed by atoms with Crippen molar-refractivity contribution in [1.29, 1.82) is 0 Å². The van der Waals surface area contributed by atoms with E-state index in [0.29, 0.717) is 6.54 Å². The zero-order valence-corrected chi connectivity index (χ0v) is 13.1. The van der Waals surface area contributed by atoms with Crippen LogP contribution in [0.5, 0.6) is 0 Å². The van der Waals surface area contributed by atoms with E-state index in [9.17, 15) is 4.39 Å². The van der Waals surface area contributed by atoms with Gasteiger partial charge in [-0.3, -0.25) is 4.90 Å². The molecule has 1 unspecified atom stereocenters. The molecule has 21 heavy (non-hydrogen) atoms. The highest BCUT2D eigenvalue weighted by atomic mass is 35.5. The quantitative estimate of drug-likeness (QED) is 0.900. The standard InChI is InChI=1S/C17H20ClFN2/c1-12(13-3-6-16(18)7-4-13)21(2)11-14-5-8-17(19)9-15(14)10-20/h3-9,12H,10-11,20H2,1-2H3. The zero-order chi connectivity index (χ0) is 15.4. The Labute approximate surface area is 130 Å². The van der Waals surface area contributed by atoms with Crippen molar-refractivity contribution in [1.82, 2.24) is 4.90 Å². The number of hydrogen-bond donors (Lipinski definition) is 1. The highest BCUT2D eigenvalue weighted by Gasteiger charge is 2.13. The normalized spacial score (nSPS) is 12.7. The van der Waals surface area contributed by atoms with E-state index < -0.39 is 0 Å². The van der Waals surface area contributed by atoms with Crippen LogP contribution < -0.4 is 5.73 Å². The number of nitrogens with zero attached hydrogens (tertiary/aromatic N) is 1. The first kappa shape index (κ1) is 16.0. The summed E-state index contributed by atoms with van der Waals surface area (Å²) in [6.07, 6.45) is 0. The van der Waals surface area contributed by atoms with Gasteiger partial charge in [0.05, 0.1) is 0 Å². The zero-order valence-electron chi connectivity index (χ0n) is 12.3. The van der Waals surface area contributed by atoms with Crippen LogP contribution in [-0.2, 0) is 13.1 Å². The van der Waals surface area contributed by atoms with Gasteiger partial charge in [0.15, 0.2) is 0 Å². The van der Waals surface area contributed by atoms with Gasteiger partial charge >= 0.3 is 0 Å². The maximum atomic E-state index is 13.3. The van der Waals surface area contributed by atoms with Crippen LogP contribution in [0.4, 0.5) is 4.39 Å². The van der Waals surface area contributed by atoms with E-state index in [0.717, 1.165) is 22.7 Å². The van der Waals surface area contributed by atoms with Gasteiger partial charge in [-0.2, -0.15) is 0 Å². The molecule has 0 aliphatic carbocycles. The average molecular weight is 307 g/mol. The van der Waals surface area contributed by atoms with Crippen LogP contribution in [-0.4, -0.2) is 11.9 Å². The van der Waals surface area contributed by atoms with Crippen molar-refractivity contribution in [3.05, 3.63) is 70.0 Å². The summed E-state index contributed by atoms with van der Waals surface area (Å²) in [4.78, 5) is 2.20. The fourth-order valence-corrected chi connectivity index (χ4v) is 2.47. The molecule has 2 N–H and O–H groups in total. The Kier molecular flexibility index (Phi) is 5.34. The van der Waals surface area contributed by atoms with E-state index in [2.05, 4.69) is 11.8 Å². The maximum Gasteiger partial charge on any atom is 0.123 e. The molecule has 0 fully saturated rings. The van der Waals surface area contributed by atoms with E-state index in [1.165, 1.54) is 17.7 Å². The molecule has 0 saturated heterocycles. The van der Waals surface area contributed by atoms with Crippen LogP contribution in [0.1, 0.15) is 29.7 Å². The van der Waals surface area contributed by atoms with E-state index in [1.54, 1.807) is 0 Å². The molecule has 0 spiro atoms. The minimum atomic E-state index is -0.243. The van der Waals surface area contributed by atoms with Gasteiger partial charge in [0.1, 0.15) is 5.82 Å². The van der Waals surface area contributed by atoms with E-state index in [4.69, 9.17) is 17.3 Å². The Hall–Kier alpha value is -1.42. The molecule has 1 atom stereocenters. The monoisotopic (exact) mass is 306 g/mol. The molecule has 2 rings (SSSR count). The van der Waals surface area contributed by atoms with Crippen LogP contribution in [0, 0.1) is 5.82 Å². The first-order valence-electron chi connectivity index (χ1n) is 6.94. The second-order valence-corrected chi connectivity index (χ2v) is 5.70. The number of rotatable bonds is 5. The Morgan fingerprint density at radius 2 is 1.81 bits per heavy atom. The Morgan fingerprint density at radius 1 is 1.14 bits per heavy atom. The summed E-state index contributed by atoms with van der Waals surface area (Å²) >= 11 is 5.92. The molecule has 0 heterocycles. The van der Waals surface area contributed by atoms with Crippen molar-refractivity contribution >= 4 is 11.6 Å². The third kappa shape index (κ3) is 4.03. The molecule has 2 aromatic rings. The minimum Gasteiger partial charge on any atom is -0.326 e. The summed E-state index contributed by atoms with van der Waals surface area (Å²) in [5.74, 6) is -0.243. The van der Waals surface area contributed by atoms with Gasteiger partial charge in [-0.05, 0) is 54.9 Å². The molecule has 0 aliphatic heterocycles. The molecule has 0 radical (unpaired) electrons. The summed E-state index contributed by atoms with van der Waals surface area (Å²) in [7, 11) is 2.04. The molecule has 0 saturated carbocycles. The van der Waals surface area contributed by atoms with E-state index >= 15 is 0 Å². The lowest BCUT2D eigenvalue weighted by Gasteiger charge is -2.26. The fourth-order valence-electron chi connectivity index (χ4n) is 2.34. The van der Waals surface area contributed by atoms with Gasteiger partial charge < -0.3 is 5.73 Å². The molecule has 0 aliphatic rings. The number of hydrogen-bond acceptors (Lipinski definition) is 2. The molecule has 112 valence electrons. The van der Waals surface area contributed by atoms with Gasteiger partial charge in [0.2, 0.25) is 0 Å². The summed E-state index contributed by atoms with van der Waals surface area (Å²) in [5, 5.41) is 0.734. The largest absolute Gasteiger partial charge is 0.326 e. The van der Waals surface area contributed by atoms with Crippen LogP contribution in [0.25, 0.3) is 0 Å². The maximum absolute atomic E-state index is 13.3. The summed E-state index contributed by atoms with van der Waals surface area (Å²) in [6, 6.07) is 12.9. The SMILES string of the molecule is CC(c1ccc(Cl)cc1)N(C)Cc1ccc(F)cc1CN. The van der Waals surface area contributed by atoms with E-state index in [-0.39, 0.29) is 11.9 Å². The van der Waals surface area contributed by atoms with E-state index in [1.807, 2.05) is 37.4 Å². The lowest BCUT2D eigenvalue weighted by Crippen LogP contribution is -2.23. The summed E-state index contributed by atoms with van der Waals surface area (Å²) in [6.45, 7) is 3.20. The van der Waals surface area contributed by atoms with Crippen LogP contribution in [0.2, 0.25) is 5.02 Å². The third-order valence-electron chi connectivity index (χ3n) is 3.82. The molecular weight excluding hydrogens is 287 g/mol. The molecule has 0 amide bonds. The van der Waals surface area contributed by atoms with Gasteiger partial charge in [-0.15, -0.1) is 0 Å². The van der Waals surface area contributed by atoms with Crippen molar-refractivity contribution in [2.45, 2.75) is 26.1 Å². The number of nitrogens with two attached hydrogens (primary N) is 1. The lowest BCUT2D eigenvalue weighted by molar-refractivity contribution is 0.252. The van der Waals surface area contributed by atoms with Crippen LogP contribution in [0.3, 0.4) is 0 Å². The molecule has 4 heteroatoms. The van der Waals surface area contributed by atoms with Crippen molar-refractivity contribution < 1.29 is 4.39 Å². The highest BCUT2D eigenvalue weighted by molar-refractivity contribution is 6.30. The van der Waals surface area contributed by atoms with Crippen molar-refractivity contribution in [3.8, 4) is 0 Å². The molecule has 0 aromatic heterocycles. The van der Waals surface area contributed by atoms with Gasteiger partial charge in [0.25, 0.3) is 0 Å². The molecule has 2 nitrogen and oxygen atoms in total. The van der Waals surface area contributed by atoms with Crippen molar-refractivity contribution in [2.24, 2.45) is 5.73 Å². The number of benzene rings is 2. The second-order valence-electron chi connectivity index (χ2n) is 5.26. The van der Waals surface area contributed by atoms with Gasteiger partial charge in [0, 0.05) is 24.2 Å².